The van der Waals surface area contributed by atoms with Crippen molar-refractivity contribution in [1.29, 1.82) is 0 Å². The largest absolute Gasteiger partial charge is 0.463 e. The highest BCUT2D eigenvalue weighted by molar-refractivity contribution is 7.89. The Bertz CT molecular complexity index is 1120. The van der Waals surface area contributed by atoms with Crippen LogP contribution in [0.15, 0.2) is 68.9 Å². The van der Waals surface area contributed by atoms with Gasteiger partial charge in [-0.2, -0.15) is 5.10 Å². The molecular weight excluding hydrogens is 384 g/mol. The molecule has 1 amide bonds. The number of nitrogens with zero attached hydrogens (tertiary/aromatic N) is 2. The summed E-state index contributed by atoms with van der Waals surface area (Å²) in [5, 5.41) is 6.74. The van der Waals surface area contributed by atoms with Gasteiger partial charge in [0.1, 0.15) is 5.69 Å². The molecule has 0 unspecified atom stereocenters. The van der Waals surface area contributed by atoms with Crippen molar-refractivity contribution >= 4 is 21.6 Å². The number of carbonyl (C=O) groups excluding carboxylic acids is 1. The average molecular weight is 402 g/mol. The molecule has 0 spiro atoms. The molecule has 0 aliphatic heterocycles. The van der Waals surface area contributed by atoms with Gasteiger partial charge in [-0.05, 0) is 42.5 Å². The Morgan fingerprint density at radius 1 is 1.14 bits per heavy atom. The second kappa shape index (κ2) is 8.19. The highest BCUT2D eigenvalue weighted by atomic mass is 32.2. The Hall–Kier alpha value is -3.24. The number of rotatable bonds is 7. The van der Waals surface area contributed by atoms with E-state index in [0.29, 0.717) is 17.1 Å². The normalized spacial score (nSPS) is 11.3. The van der Waals surface area contributed by atoms with Crippen molar-refractivity contribution in [3.8, 4) is 11.5 Å². The summed E-state index contributed by atoms with van der Waals surface area (Å²) in [6.07, 6.45) is 1.50. The van der Waals surface area contributed by atoms with Gasteiger partial charge in [-0.1, -0.05) is 0 Å². The number of hydrogen-bond donors (Lipinski definition) is 2. The number of anilines is 1. The van der Waals surface area contributed by atoms with Crippen LogP contribution in [0.1, 0.15) is 6.92 Å². The predicted octanol–water partition coefficient (Wildman–Crippen LogP) is 1.44. The molecule has 28 heavy (non-hydrogen) atoms. The predicted molar refractivity (Wildman–Crippen MR) is 102 cm³/mol. The molecule has 2 heterocycles. The van der Waals surface area contributed by atoms with E-state index in [1.807, 2.05) is 0 Å². The lowest BCUT2D eigenvalue weighted by Crippen LogP contribution is -2.32. The fourth-order valence-electron chi connectivity index (χ4n) is 2.45. The molecule has 0 aliphatic carbocycles. The topological polar surface area (TPSA) is 123 Å². The zero-order valence-electron chi connectivity index (χ0n) is 15.0. The number of carbonyl (C=O) groups is 1. The van der Waals surface area contributed by atoms with Gasteiger partial charge in [-0.15, -0.1) is 0 Å². The number of benzene rings is 1. The van der Waals surface area contributed by atoms with Crippen LogP contribution in [0.2, 0.25) is 0 Å². The summed E-state index contributed by atoms with van der Waals surface area (Å²) in [6.45, 7) is 1.39. The maximum absolute atomic E-state index is 12.4. The van der Waals surface area contributed by atoms with Crippen molar-refractivity contribution in [2.75, 3.05) is 11.9 Å². The van der Waals surface area contributed by atoms with E-state index in [1.165, 1.54) is 48.2 Å². The SMILES string of the molecule is CC(=O)Nc1ccc(S(=O)(=O)NCCn2nc(-c3ccco3)ccc2=O)cc1. The van der Waals surface area contributed by atoms with Crippen LogP contribution in [0.3, 0.4) is 0 Å². The molecular formula is C18H18N4O5S. The maximum atomic E-state index is 12.4. The van der Waals surface area contributed by atoms with Crippen LogP contribution < -0.4 is 15.6 Å². The van der Waals surface area contributed by atoms with E-state index in [2.05, 4.69) is 15.1 Å². The smallest absolute Gasteiger partial charge is 0.266 e. The van der Waals surface area contributed by atoms with Crippen LogP contribution in [0, 0.1) is 0 Å². The second-order valence-corrected chi connectivity index (χ2v) is 7.63. The van der Waals surface area contributed by atoms with Gasteiger partial charge in [0.15, 0.2) is 5.76 Å². The van der Waals surface area contributed by atoms with E-state index in [-0.39, 0.29) is 29.5 Å². The molecule has 0 bridgehead atoms. The zero-order chi connectivity index (χ0) is 20.1. The molecule has 0 radical (unpaired) electrons. The van der Waals surface area contributed by atoms with Crippen LogP contribution in [0.25, 0.3) is 11.5 Å². The lowest BCUT2D eigenvalue weighted by atomic mass is 10.3. The summed E-state index contributed by atoms with van der Waals surface area (Å²) >= 11 is 0. The molecule has 146 valence electrons. The van der Waals surface area contributed by atoms with Crippen molar-refractivity contribution in [3.63, 3.8) is 0 Å². The second-order valence-electron chi connectivity index (χ2n) is 5.86. The monoisotopic (exact) mass is 402 g/mol. The standard InChI is InChI=1S/C18H18N4O5S/c1-13(23)20-14-4-6-15(7-5-14)28(25,26)19-10-11-22-18(24)9-8-16(21-22)17-3-2-12-27-17/h2-9,12,19H,10-11H2,1H3,(H,20,23). The van der Waals surface area contributed by atoms with Gasteiger partial charge in [0, 0.05) is 25.2 Å². The molecule has 2 aromatic heterocycles. The minimum atomic E-state index is -3.77. The Balaban J connectivity index is 1.66. The van der Waals surface area contributed by atoms with E-state index in [0.717, 1.165) is 0 Å². The number of aromatic nitrogens is 2. The van der Waals surface area contributed by atoms with Gasteiger partial charge in [0.2, 0.25) is 15.9 Å². The average Bonchev–Trinajstić information content (AvgIpc) is 3.18. The third-order valence-electron chi connectivity index (χ3n) is 3.74. The first kappa shape index (κ1) is 19.5. The molecule has 10 heteroatoms. The Kier molecular flexibility index (Phi) is 5.71. The van der Waals surface area contributed by atoms with Crippen LogP contribution in [0.5, 0.6) is 0 Å². The van der Waals surface area contributed by atoms with Gasteiger partial charge in [0.25, 0.3) is 5.56 Å². The van der Waals surface area contributed by atoms with Crippen LogP contribution in [-0.4, -0.2) is 30.7 Å². The summed E-state index contributed by atoms with van der Waals surface area (Å²) < 4.78 is 33.6. The lowest BCUT2D eigenvalue weighted by Gasteiger charge is -2.09. The fourth-order valence-corrected chi connectivity index (χ4v) is 3.48. The van der Waals surface area contributed by atoms with Gasteiger partial charge >= 0.3 is 0 Å². The first-order chi connectivity index (χ1) is 13.3. The molecule has 3 rings (SSSR count). The summed E-state index contributed by atoms with van der Waals surface area (Å²) in [7, 11) is -3.77. The number of furan rings is 1. The molecule has 2 N–H and O–H groups in total. The molecule has 0 atom stereocenters. The van der Waals surface area contributed by atoms with Crippen LogP contribution >= 0.6 is 0 Å². The summed E-state index contributed by atoms with van der Waals surface area (Å²) in [6, 6.07) is 12.1. The molecule has 0 aliphatic rings. The molecule has 3 aromatic rings. The van der Waals surface area contributed by atoms with Crippen molar-refractivity contribution < 1.29 is 17.6 Å². The fraction of sp³-hybridized carbons (Fsp3) is 0.167. The Labute approximate surface area is 161 Å². The molecule has 9 nitrogen and oxygen atoms in total. The minimum absolute atomic E-state index is 0.0235. The third-order valence-corrected chi connectivity index (χ3v) is 5.22. The molecule has 0 saturated heterocycles. The van der Waals surface area contributed by atoms with E-state index >= 15 is 0 Å². The molecule has 1 aromatic carbocycles. The van der Waals surface area contributed by atoms with Gasteiger partial charge in [0.05, 0.1) is 17.7 Å². The maximum Gasteiger partial charge on any atom is 0.266 e. The van der Waals surface area contributed by atoms with Gasteiger partial charge < -0.3 is 9.73 Å². The van der Waals surface area contributed by atoms with Crippen LogP contribution in [-0.2, 0) is 21.4 Å². The summed E-state index contributed by atoms with van der Waals surface area (Å²) in [4.78, 5) is 23.0. The third kappa shape index (κ3) is 4.72. The van der Waals surface area contributed by atoms with Crippen LogP contribution in [0.4, 0.5) is 5.69 Å². The summed E-state index contributed by atoms with van der Waals surface area (Å²) in [5.41, 5.74) is 0.618. The van der Waals surface area contributed by atoms with Gasteiger partial charge in [-0.3, -0.25) is 9.59 Å². The first-order valence-corrected chi connectivity index (χ1v) is 9.83. The summed E-state index contributed by atoms with van der Waals surface area (Å²) in [5.74, 6) is 0.261. The Morgan fingerprint density at radius 3 is 2.54 bits per heavy atom. The Morgan fingerprint density at radius 2 is 1.89 bits per heavy atom. The quantitative estimate of drug-likeness (QED) is 0.616. The number of hydrogen-bond acceptors (Lipinski definition) is 6. The van der Waals surface area contributed by atoms with Crippen molar-refractivity contribution in [2.45, 2.75) is 18.4 Å². The van der Waals surface area contributed by atoms with E-state index in [9.17, 15) is 18.0 Å². The van der Waals surface area contributed by atoms with E-state index in [4.69, 9.17) is 4.42 Å². The highest BCUT2D eigenvalue weighted by Crippen LogP contribution is 2.15. The number of nitrogens with one attached hydrogen (secondary N) is 2. The van der Waals surface area contributed by atoms with E-state index in [1.54, 1.807) is 18.2 Å². The minimum Gasteiger partial charge on any atom is -0.463 e. The van der Waals surface area contributed by atoms with Crippen molar-refractivity contribution in [2.24, 2.45) is 0 Å². The van der Waals surface area contributed by atoms with Crippen molar-refractivity contribution in [1.82, 2.24) is 14.5 Å². The zero-order valence-corrected chi connectivity index (χ0v) is 15.8. The highest BCUT2D eigenvalue weighted by Gasteiger charge is 2.14. The van der Waals surface area contributed by atoms with Gasteiger partial charge in [-0.25, -0.2) is 17.8 Å². The van der Waals surface area contributed by atoms with Crippen molar-refractivity contribution in [3.05, 3.63) is 65.1 Å². The lowest BCUT2D eigenvalue weighted by molar-refractivity contribution is -0.114. The number of amides is 1. The van der Waals surface area contributed by atoms with E-state index < -0.39 is 10.0 Å². The first-order valence-electron chi connectivity index (χ1n) is 8.34. The molecule has 0 fully saturated rings. The molecule has 0 saturated carbocycles. The number of sulfonamides is 1.